The molecular formula is C23H29NO2. The third-order valence-electron chi connectivity index (χ3n) is 6.51. The van der Waals surface area contributed by atoms with Crippen LogP contribution in [0.15, 0.2) is 54.6 Å². The monoisotopic (exact) mass is 351 g/mol. The summed E-state index contributed by atoms with van der Waals surface area (Å²) in [4.78, 5) is 2.46. The van der Waals surface area contributed by atoms with Gasteiger partial charge in [0.25, 0.3) is 0 Å². The van der Waals surface area contributed by atoms with E-state index in [0.29, 0.717) is 0 Å². The van der Waals surface area contributed by atoms with Crippen LogP contribution in [-0.2, 0) is 6.42 Å². The molecule has 26 heavy (non-hydrogen) atoms. The van der Waals surface area contributed by atoms with Gasteiger partial charge in [-0.05, 0) is 67.2 Å². The van der Waals surface area contributed by atoms with Crippen LogP contribution in [0.1, 0.15) is 37.0 Å². The van der Waals surface area contributed by atoms with Crippen molar-refractivity contribution in [1.29, 1.82) is 0 Å². The number of aliphatic hydroxyl groups excluding tert-OH is 1. The van der Waals surface area contributed by atoms with Gasteiger partial charge in [-0.15, -0.1) is 0 Å². The Morgan fingerprint density at radius 3 is 2.19 bits per heavy atom. The number of aromatic hydroxyl groups is 1. The van der Waals surface area contributed by atoms with Crippen molar-refractivity contribution in [1.82, 2.24) is 4.90 Å². The normalized spacial score (nSPS) is 28.0. The summed E-state index contributed by atoms with van der Waals surface area (Å²) in [6, 6.07) is 17.9. The molecule has 2 aliphatic rings. The van der Waals surface area contributed by atoms with Crippen LogP contribution in [0.3, 0.4) is 0 Å². The predicted octanol–water partition coefficient (Wildman–Crippen LogP) is 4.01. The highest BCUT2D eigenvalue weighted by molar-refractivity contribution is 5.28. The molecule has 3 nitrogen and oxygen atoms in total. The van der Waals surface area contributed by atoms with Gasteiger partial charge in [0.2, 0.25) is 0 Å². The Morgan fingerprint density at radius 1 is 0.962 bits per heavy atom. The van der Waals surface area contributed by atoms with E-state index in [2.05, 4.69) is 42.2 Å². The minimum Gasteiger partial charge on any atom is -0.508 e. The van der Waals surface area contributed by atoms with Gasteiger partial charge in [-0.2, -0.15) is 0 Å². The summed E-state index contributed by atoms with van der Waals surface area (Å²) in [6.45, 7) is 4.33. The first kappa shape index (κ1) is 17.6. The van der Waals surface area contributed by atoms with E-state index < -0.39 is 6.10 Å². The minimum atomic E-state index is -0.505. The van der Waals surface area contributed by atoms with Crippen LogP contribution in [0, 0.1) is 17.8 Å². The zero-order chi connectivity index (χ0) is 18.1. The topological polar surface area (TPSA) is 43.7 Å². The molecule has 0 bridgehead atoms. The number of nitrogens with zero attached hydrogens (tertiary/aromatic N) is 1. The minimum absolute atomic E-state index is 0.109. The van der Waals surface area contributed by atoms with Gasteiger partial charge in [0.1, 0.15) is 5.75 Å². The number of phenols is 1. The molecule has 4 rings (SSSR count). The summed E-state index contributed by atoms with van der Waals surface area (Å²) >= 11 is 0. The van der Waals surface area contributed by atoms with E-state index in [1.54, 1.807) is 12.1 Å². The summed E-state index contributed by atoms with van der Waals surface area (Å²) in [7, 11) is 0. The zero-order valence-electron chi connectivity index (χ0n) is 15.5. The second-order valence-electron chi connectivity index (χ2n) is 8.28. The molecule has 2 aromatic rings. The van der Waals surface area contributed by atoms with E-state index >= 15 is 0 Å². The Balaban J connectivity index is 1.33. The molecule has 0 spiro atoms. The van der Waals surface area contributed by atoms with Crippen LogP contribution in [0.4, 0.5) is 0 Å². The number of likely N-dealkylation sites (tertiary alicyclic amines) is 1. The first-order valence-corrected chi connectivity index (χ1v) is 9.85. The molecule has 0 aromatic heterocycles. The zero-order valence-corrected chi connectivity index (χ0v) is 15.5. The Morgan fingerprint density at radius 2 is 1.58 bits per heavy atom. The standard InChI is InChI=1S/C23H29NO2/c1-16(23(26)19-7-9-22(25)10-8-19)24-14-20-12-18(13-21(20)15-24)11-17-5-3-2-4-6-17/h2-10,16,18,20-21,23,25-26H,11-15H2,1H3/t16?,18?,20-,21+,23?. The maximum atomic E-state index is 10.7. The molecule has 5 atom stereocenters. The lowest BCUT2D eigenvalue weighted by Gasteiger charge is -2.30. The number of hydrogen-bond donors (Lipinski definition) is 2. The van der Waals surface area contributed by atoms with E-state index in [0.717, 1.165) is 36.4 Å². The van der Waals surface area contributed by atoms with Gasteiger partial charge in [0.15, 0.2) is 0 Å². The van der Waals surface area contributed by atoms with Crippen LogP contribution in [0.5, 0.6) is 5.75 Å². The first-order chi connectivity index (χ1) is 12.6. The Bertz CT molecular complexity index is 701. The van der Waals surface area contributed by atoms with Crippen molar-refractivity contribution in [2.75, 3.05) is 13.1 Å². The fourth-order valence-electron chi connectivity index (χ4n) is 5.06. The second-order valence-corrected chi connectivity index (χ2v) is 8.28. The maximum Gasteiger partial charge on any atom is 0.115 e. The summed E-state index contributed by atoms with van der Waals surface area (Å²) < 4.78 is 0. The number of hydrogen-bond acceptors (Lipinski definition) is 3. The van der Waals surface area contributed by atoms with Gasteiger partial charge in [-0.3, -0.25) is 4.90 Å². The molecule has 138 valence electrons. The van der Waals surface area contributed by atoms with Crippen molar-refractivity contribution >= 4 is 0 Å². The van der Waals surface area contributed by atoms with Crippen molar-refractivity contribution in [3.63, 3.8) is 0 Å². The summed E-state index contributed by atoms with van der Waals surface area (Å²) in [5.41, 5.74) is 2.35. The largest absolute Gasteiger partial charge is 0.508 e. The molecule has 2 N–H and O–H groups in total. The highest BCUT2D eigenvalue weighted by Gasteiger charge is 2.42. The molecule has 1 saturated carbocycles. The molecule has 1 saturated heterocycles. The van der Waals surface area contributed by atoms with Crippen molar-refractivity contribution in [2.24, 2.45) is 17.8 Å². The van der Waals surface area contributed by atoms with Crippen molar-refractivity contribution in [2.45, 2.75) is 38.3 Å². The lowest BCUT2D eigenvalue weighted by molar-refractivity contribution is 0.0660. The van der Waals surface area contributed by atoms with Crippen LogP contribution in [0.2, 0.25) is 0 Å². The van der Waals surface area contributed by atoms with E-state index in [4.69, 9.17) is 0 Å². The fourth-order valence-corrected chi connectivity index (χ4v) is 5.06. The number of phenolic OH excluding ortho intramolecular Hbond substituents is 1. The number of rotatable bonds is 5. The average molecular weight is 351 g/mol. The third kappa shape index (κ3) is 3.65. The molecule has 2 aromatic carbocycles. The van der Waals surface area contributed by atoms with E-state index in [1.807, 2.05) is 12.1 Å². The van der Waals surface area contributed by atoms with E-state index in [-0.39, 0.29) is 11.8 Å². The van der Waals surface area contributed by atoms with E-state index in [9.17, 15) is 10.2 Å². The lowest BCUT2D eigenvalue weighted by atomic mass is 9.96. The quantitative estimate of drug-likeness (QED) is 0.855. The van der Waals surface area contributed by atoms with Gasteiger partial charge in [0.05, 0.1) is 6.10 Å². The van der Waals surface area contributed by atoms with Gasteiger partial charge in [-0.25, -0.2) is 0 Å². The molecule has 3 unspecified atom stereocenters. The van der Waals surface area contributed by atoms with Crippen LogP contribution < -0.4 is 0 Å². The van der Waals surface area contributed by atoms with Crippen LogP contribution in [-0.4, -0.2) is 34.2 Å². The molecule has 1 aliphatic heterocycles. The van der Waals surface area contributed by atoms with Crippen molar-refractivity contribution in [3.05, 3.63) is 65.7 Å². The maximum absolute atomic E-state index is 10.7. The molecule has 0 radical (unpaired) electrons. The summed E-state index contributed by atoms with van der Waals surface area (Å²) in [6.07, 6.45) is 3.34. The molecule has 3 heteroatoms. The molecular weight excluding hydrogens is 322 g/mol. The van der Waals surface area contributed by atoms with Crippen molar-refractivity contribution in [3.8, 4) is 5.75 Å². The first-order valence-electron chi connectivity index (χ1n) is 9.85. The van der Waals surface area contributed by atoms with Gasteiger partial charge >= 0.3 is 0 Å². The average Bonchev–Trinajstić information content (AvgIpc) is 3.20. The highest BCUT2D eigenvalue weighted by Crippen LogP contribution is 2.44. The molecule has 2 fully saturated rings. The number of fused-ring (bicyclic) bond motifs is 1. The number of aliphatic hydroxyl groups is 1. The predicted molar refractivity (Wildman–Crippen MR) is 104 cm³/mol. The van der Waals surface area contributed by atoms with Gasteiger partial charge < -0.3 is 10.2 Å². The van der Waals surface area contributed by atoms with Gasteiger partial charge in [0, 0.05) is 19.1 Å². The highest BCUT2D eigenvalue weighted by atomic mass is 16.3. The SMILES string of the molecule is CC(C(O)c1ccc(O)cc1)N1C[C@H]2CC(Cc3ccccc3)C[C@H]2C1. The lowest BCUT2D eigenvalue weighted by Crippen LogP contribution is -2.36. The summed E-state index contributed by atoms with van der Waals surface area (Å²) in [5, 5.41) is 20.2. The third-order valence-corrected chi connectivity index (χ3v) is 6.51. The van der Waals surface area contributed by atoms with Crippen LogP contribution >= 0.6 is 0 Å². The second kappa shape index (κ2) is 7.42. The molecule has 1 heterocycles. The Kier molecular flexibility index (Phi) is 5.01. The van der Waals surface area contributed by atoms with Gasteiger partial charge in [-0.1, -0.05) is 42.5 Å². The van der Waals surface area contributed by atoms with Crippen LogP contribution in [0.25, 0.3) is 0 Å². The van der Waals surface area contributed by atoms with Crippen molar-refractivity contribution < 1.29 is 10.2 Å². The Hall–Kier alpha value is -1.84. The summed E-state index contributed by atoms with van der Waals surface area (Å²) in [5.74, 6) is 2.61. The Labute approximate surface area is 156 Å². The number of benzene rings is 2. The van der Waals surface area contributed by atoms with E-state index in [1.165, 1.54) is 24.8 Å². The fraction of sp³-hybridized carbons (Fsp3) is 0.478. The smallest absolute Gasteiger partial charge is 0.115 e. The molecule has 1 aliphatic carbocycles. The molecule has 0 amide bonds.